The van der Waals surface area contributed by atoms with Crippen LogP contribution in [0.4, 0.5) is 0 Å². The van der Waals surface area contributed by atoms with Crippen molar-refractivity contribution in [1.29, 1.82) is 0 Å². The molecule has 3 atom stereocenters. The predicted octanol–water partition coefficient (Wildman–Crippen LogP) is 3.99. The van der Waals surface area contributed by atoms with Gasteiger partial charge in [-0.15, -0.1) is 0 Å². The second-order valence-electron chi connectivity index (χ2n) is 7.83. The van der Waals surface area contributed by atoms with Crippen LogP contribution < -0.4 is 0 Å². The number of rotatable bonds is 12. The summed E-state index contributed by atoms with van der Waals surface area (Å²) in [5, 5.41) is 0. The Balaban J connectivity index is 5.31. The Morgan fingerprint density at radius 1 is 0.609 bits per heavy atom. The molecule has 3 nitrogen and oxygen atoms in total. The molecule has 0 saturated carbocycles. The van der Waals surface area contributed by atoms with Crippen molar-refractivity contribution < 1.29 is 14.2 Å². The maximum atomic E-state index is 5.87. The van der Waals surface area contributed by atoms with E-state index in [1.165, 1.54) is 18.1 Å². The molecule has 0 aromatic carbocycles. The monoisotopic (exact) mass is 391 g/mol. The summed E-state index contributed by atoms with van der Waals surface area (Å²) >= 11 is 0. The molecule has 0 bridgehead atoms. The zero-order chi connectivity index (χ0) is 18.2. The number of hydrogen-bond donors (Lipinski definition) is 0. The third-order valence-corrected chi connectivity index (χ3v) is 15.3. The third-order valence-electron chi connectivity index (χ3n) is 4.82. The van der Waals surface area contributed by atoms with Gasteiger partial charge in [-0.25, -0.2) is 0 Å². The average molecular weight is 392 g/mol. The van der Waals surface area contributed by atoms with Gasteiger partial charge in [-0.1, -0.05) is 45.8 Å². The molecular formula is C16H39O3Si4. The quantitative estimate of drug-likeness (QED) is 0.471. The zero-order valence-electron chi connectivity index (χ0n) is 17.1. The molecule has 0 fully saturated rings. The van der Waals surface area contributed by atoms with Gasteiger partial charge in [0.1, 0.15) is 0 Å². The molecule has 7 heteroatoms. The van der Waals surface area contributed by atoms with Gasteiger partial charge in [0.05, 0.1) is 34.5 Å². The van der Waals surface area contributed by atoms with Gasteiger partial charge in [-0.05, 0) is 18.1 Å². The molecular weight excluding hydrogens is 353 g/mol. The van der Waals surface area contributed by atoms with Gasteiger partial charge in [-0.3, -0.25) is 0 Å². The standard InChI is InChI=1S/C16H39O3Si4/c1-17-14(20(4)5)11-23(10,12-15(18-2)21(6)7)13-16(19-3)22(8)9/h14-16H,11-13H2,1-10H3. The second kappa shape index (κ2) is 11.4. The summed E-state index contributed by atoms with van der Waals surface area (Å²) in [6, 6.07) is 3.78. The molecule has 0 saturated heterocycles. The van der Waals surface area contributed by atoms with Crippen molar-refractivity contribution in [3.63, 3.8) is 0 Å². The molecule has 0 aromatic heterocycles. The van der Waals surface area contributed by atoms with Crippen LogP contribution in [0.2, 0.25) is 64.0 Å². The first kappa shape index (κ1) is 23.7. The van der Waals surface area contributed by atoms with Gasteiger partial charge in [0.25, 0.3) is 0 Å². The topological polar surface area (TPSA) is 27.7 Å². The summed E-state index contributed by atoms with van der Waals surface area (Å²) in [6.45, 7) is 16.8. The fraction of sp³-hybridized carbons (Fsp3) is 1.00. The highest BCUT2D eigenvalue weighted by Crippen LogP contribution is 2.31. The molecule has 0 aliphatic carbocycles. The van der Waals surface area contributed by atoms with E-state index in [1.807, 2.05) is 21.3 Å². The minimum atomic E-state index is -1.49. The molecule has 137 valence electrons. The first-order valence-corrected chi connectivity index (χ1v) is 19.4. The Morgan fingerprint density at radius 2 is 0.826 bits per heavy atom. The average Bonchev–Trinajstić information content (AvgIpc) is 2.47. The molecule has 0 aliphatic heterocycles. The van der Waals surface area contributed by atoms with Gasteiger partial charge in [0, 0.05) is 38.5 Å². The van der Waals surface area contributed by atoms with Crippen molar-refractivity contribution in [3.8, 4) is 0 Å². The molecule has 3 unspecified atom stereocenters. The van der Waals surface area contributed by atoms with Gasteiger partial charge < -0.3 is 14.2 Å². The van der Waals surface area contributed by atoms with Crippen molar-refractivity contribution in [2.75, 3.05) is 21.3 Å². The lowest BCUT2D eigenvalue weighted by Crippen LogP contribution is -2.48. The number of methoxy groups -OCH3 is 3. The molecule has 0 spiro atoms. The van der Waals surface area contributed by atoms with E-state index in [9.17, 15) is 0 Å². The summed E-state index contributed by atoms with van der Waals surface area (Å²) in [5.41, 5.74) is 1.38. The SMILES string of the molecule is COC(C[Si](C)(CC(OC)[Si](C)C)CC(OC)[Si](C)C)[Si](C)C. The van der Waals surface area contributed by atoms with Crippen molar-refractivity contribution >= 4 is 34.5 Å². The fourth-order valence-corrected chi connectivity index (χ4v) is 17.6. The molecule has 3 radical (unpaired) electrons. The minimum absolute atomic E-state index is 0.433. The molecule has 0 rings (SSSR count). The summed E-state index contributed by atoms with van der Waals surface area (Å²) < 4.78 is 17.6. The van der Waals surface area contributed by atoms with E-state index < -0.39 is 34.5 Å². The van der Waals surface area contributed by atoms with Crippen molar-refractivity contribution in [3.05, 3.63) is 0 Å². The Hall–Kier alpha value is 0.748. The van der Waals surface area contributed by atoms with E-state index in [2.05, 4.69) is 45.8 Å². The van der Waals surface area contributed by atoms with E-state index >= 15 is 0 Å². The van der Waals surface area contributed by atoms with Crippen LogP contribution in [0.3, 0.4) is 0 Å². The molecule has 23 heavy (non-hydrogen) atoms. The zero-order valence-corrected chi connectivity index (χ0v) is 21.1. The highest BCUT2D eigenvalue weighted by Gasteiger charge is 2.38. The summed E-state index contributed by atoms with van der Waals surface area (Å²) in [6.07, 6.45) is 0. The fourth-order valence-electron chi connectivity index (χ4n) is 3.16. The Kier molecular flexibility index (Phi) is 11.7. The number of hydrogen-bond acceptors (Lipinski definition) is 3. The maximum absolute atomic E-state index is 5.87. The third kappa shape index (κ3) is 8.60. The molecule has 0 N–H and O–H groups in total. The smallest absolute Gasteiger partial charge is 0.0779 e. The van der Waals surface area contributed by atoms with Gasteiger partial charge in [0.15, 0.2) is 0 Å². The first-order valence-electron chi connectivity index (χ1n) is 8.58. The molecule has 0 aromatic rings. The van der Waals surface area contributed by atoms with Gasteiger partial charge in [-0.2, -0.15) is 0 Å². The van der Waals surface area contributed by atoms with Crippen molar-refractivity contribution in [1.82, 2.24) is 0 Å². The number of ether oxygens (including phenoxy) is 3. The van der Waals surface area contributed by atoms with Crippen LogP contribution in [-0.2, 0) is 14.2 Å². The minimum Gasteiger partial charge on any atom is -0.385 e. The van der Waals surface area contributed by atoms with Crippen LogP contribution in [0, 0.1) is 0 Å². The van der Waals surface area contributed by atoms with E-state index in [0.717, 1.165) is 0 Å². The lowest BCUT2D eigenvalue weighted by Gasteiger charge is -2.38. The van der Waals surface area contributed by atoms with E-state index in [-0.39, 0.29) is 0 Å². The van der Waals surface area contributed by atoms with Crippen molar-refractivity contribution in [2.24, 2.45) is 0 Å². The van der Waals surface area contributed by atoms with Crippen LogP contribution >= 0.6 is 0 Å². The summed E-state index contributed by atoms with van der Waals surface area (Å²) in [4.78, 5) is 0. The van der Waals surface area contributed by atoms with Crippen LogP contribution in [0.15, 0.2) is 0 Å². The molecule has 0 amide bonds. The van der Waals surface area contributed by atoms with E-state index in [1.54, 1.807) is 0 Å². The van der Waals surface area contributed by atoms with Gasteiger partial charge >= 0.3 is 0 Å². The largest absolute Gasteiger partial charge is 0.385 e. The van der Waals surface area contributed by atoms with Crippen LogP contribution in [0.1, 0.15) is 0 Å². The van der Waals surface area contributed by atoms with Crippen LogP contribution in [-0.4, -0.2) is 73.0 Å². The Bertz CT molecular complexity index is 268. The Labute approximate surface area is 151 Å². The maximum Gasteiger partial charge on any atom is 0.0779 e. The predicted molar refractivity (Wildman–Crippen MR) is 111 cm³/mol. The van der Waals surface area contributed by atoms with E-state index in [0.29, 0.717) is 17.2 Å². The molecule has 0 aliphatic rings. The lowest BCUT2D eigenvalue weighted by molar-refractivity contribution is 0.160. The molecule has 0 heterocycles. The summed E-state index contributed by atoms with van der Waals surface area (Å²) in [7, 11) is 2.89. The second-order valence-corrected chi connectivity index (χ2v) is 21.1. The van der Waals surface area contributed by atoms with Crippen molar-refractivity contribution in [2.45, 2.75) is 81.1 Å². The summed E-state index contributed by atoms with van der Waals surface area (Å²) in [5.74, 6) is 0. The highest BCUT2D eigenvalue weighted by atomic mass is 28.3. The van der Waals surface area contributed by atoms with E-state index in [4.69, 9.17) is 14.2 Å². The van der Waals surface area contributed by atoms with Crippen LogP contribution in [0.5, 0.6) is 0 Å². The first-order chi connectivity index (χ1) is 10.6. The highest BCUT2D eigenvalue weighted by molar-refractivity contribution is 6.82. The van der Waals surface area contributed by atoms with Gasteiger partial charge in [0.2, 0.25) is 0 Å². The Morgan fingerprint density at radius 3 is 0.957 bits per heavy atom. The normalized spacial score (nSPS) is 19.2. The van der Waals surface area contributed by atoms with Crippen LogP contribution in [0.25, 0.3) is 0 Å². The lowest BCUT2D eigenvalue weighted by atomic mass is 10.8.